The molecule has 1 fully saturated rings. The number of ether oxygens (including phenoxy) is 2. The van der Waals surface area contributed by atoms with Crippen LogP contribution in [0.15, 0.2) is 23.1 Å². The Balaban J connectivity index is 1.59. The Labute approximate surface area is 153 Å². The lowest BCUT2D eigenvalue weighted by atomic mass is 10.2. The molecule has 0 spiro atoms. The van der Waals surface area contributed by atoms with Crippen molar-refractivity contribution in [2.45, 2.75) is 30.7 Å². The Morgan fingerprint density at radius 1 is 1.31 bits per heavy atom. The summed E-state index contributed by atoms with van der Waals surface area (Å²) in [6, 6.07) is 4.66. The molecule has 1 aromatic carbocycles. The predicted octanol–water partition coefficient (Wildman–Crippen LogP) is 0.337. The molecule has 0 radical (unpaired) electrons. The van der Waals surface area contributed by atoms with Gasteiger partial charge in [0.05, 0.1) is 18.1 Å². The summed E-state index contributed by atoms with van der Waals surface area (Å²) < 4.78 is 38.5. The van der Waals surface area contributed by atoms with E-state index in [-0.39, 0.29) is 29.8 Å². The molecule has 144 valence electrons. The number of hydrogen-bond donors (Lipinski definition) is 2. The maximum Gasteiger partial charge on any atom is 0.240 e. The number of carbonyl (C=O) groups excluding carboxylic acids is 1. The summed E-state index contributed by atoms with van der Waals surface area (Å²) >= 11 is 0. The minimum atomic E-state index is -3.71. The van der Waals surface area contributed by atoms with Crippen molar-refractivity contribution in [2.24, 2.45) is 0 Å². The highest BCUT2D eigenvalue weighted by molar-refractivity contribution is 7.89. The number of piperazine rings is 1. The SMILES string of the molecule is C[C@@H]1CNCCN1C(=O)CCNS(=O)(=O)c1ccc2c(c1)OCCCO2. The van der Waals surface area contributed by atoms with E-state index < -0.39 is 10.0 Å². The molecule has 1 aromatic rings. The number of amides is 1. The quantitative estimate of drug-likeness (QED) is 0.761. The Bertz CT molecular complexity index is 753. The summed E-state index contributed by atoms with van der Waals surface area (Å²) in [5, 5.41) is 3.22. The number of rotatable bonds is 5. The van der Waals surface area contributed by atoms with Crippen LogP contribution in [-0.2, 0) is 14.8 Å². The summed E-state index contributed by atoms with van der Waals surface area (Å²) in [5.74, 6) is 0.931. The van der Waals surface area contributed by atoms with Crippen molar-refractivity contribution >= 4 is 15.9 Å². The van der Waals surface area contributed by atoms with Crippen molar-refractivity contribution < 1.29 is 22.7 Å². The van der Waals surface area contributed by atoms with Crippen molar-refractivity contribution in [1.82, 2.24) is 14.9 Å². The Hall–Kier alpha value is -1.84. The highest BCUT2D eigenvalue weighted by Crippen LogP contribution is 2.31. The average Bonchev–Trinajstić information content (AvgIpc) is 2.86. The highest BCUT2D eigenvalue weighted by atomic mass is 32.2. The van der Waals surface area contributed by atoms with E-state index in [1.807, 2.05) is 6.92 Å². The minimum Gasteiger partial charge on any atom is -0.490 e. The van der Waals surface area contributed by atoms with Gasteiger partial charge in [0, 0.05) is 51.1 Å². The number of benzene rings is 1. The second kappa shape index (κ2) is 8.24. The maximum absolute atomic E-state index is 12.5. The molecule has 2 aliphatic heterocycles. The third kappa shape index (κ3) is 4.46. The third-order valence-electron chi connectivity index (χ3n) is 4.48. The van der Waals surface area contributed by atoms with Crippen LogP contribution in [0.4, 0.5) is 0 Å². The summed E-state index contributed by atoms with van der Waals surface area (Å²) in [5.41, 5.74) is 0. The first kappa shape index (κ1) is 18.9. The van der Waals surface area contributed by atoms with E-state index in [1.54, 1.807) is 11.0 Å². The van der Waals surface area contributed by atoms with Crippen molar-refractivity contribution in [3.05, 3.63) is 18.2 Å². The lowest BCUT2D eigenvalue weighted by Crippen LogP contribution is -2.52. The largest absolute Gasteiger partial charge is 0.490 e. The fraction of sp³-hybridized carbons (Fsp3) is 0.588. The maximum atomic E-state index is 12.5. The van der Waals surface area contributed by atoms with Crippen LogP contribution in [0.3, 0.4) is 0 Å². The smallest absolute Gasteiger partial charge is 0.240 e. The predicted molar refractivity (Wildman–Crippen MR) is 95.9 cm³/mol. The van der Waals surface area contributed by atoms with Gasteiger partial charge in [-0.05, 0) is 19.1 Å². The number of hydrogen-bond acceptors (Lipinski definition) is 6. The van der Waals surface area contributed by atoms with Crippen LogP contribution in [0, 0.1) is 0 Å². The monoisotopic (exact) mass is 383 g/mol. The van der Waals surface area contributed by atoms with Gasteiger partial charge in [0.25, 0.3) is 0 Å². The van der Waals surface area contributed by atoms with Gasteiger partial charge in [-0.3, -0.25) is 4.79 Å². The second-order valence-electron chi connectivity index (χ2n) is 6.45. The number of nitrogens with one attached hydrogen (secondary N) is 2. The molecule has 2 aliphatic rings. The Kier molecular flexibility index (Phi) is 6.00. The van der Waals surface area contributed by atoms with Crippen molar-refractivity contribution in [3.8, 4) is 11.5 Å². The summed E-state index contributed by atoms with van der Waals surface area (Å²) in [4.78, 5) is 14.2. The fourth-order valence-electron chi connectivity index (χ4n) is 3.04. The number of sulfonamides is 1. The van der Waals surface area contributed by atoms with Gasteiger partial charge in [0.15, 0.2) is 11.5 Å². The lowest BCUT2D eigenvalue weighted by molar-refractivity contribution is -0.133. The minimum absolute atomic E-state index is 0.0413. The molecular weight excluding hydrogens is 358 g/mol. The van der Waals surface area contributed by atoms with Crippen LogP contribution in [0.25, 0.3) is 0 Å². The van der Waals surface area contributed by atoms with Crippen LogP contribution in [0.5, 0.6) is 11.5 Å². The van der Waals surface area contributed by atoms with Crippen molar-refractivity contribution in [2.75, 3.05) is 39.4 Å². The van der Waals surface area contributed by atoms with E-state index in [4.69, 9.17) is 9.47 Å². The van der Waals surface area contributed by atoms with Crippen LogP contribution in [0.2, 0.25) is 0 Å². The van der Waals surface area contributed by atoms with E-state index in [1.165, 1.54) is 12.1 Å². The molecule has 2 N–H and O–H groups in total. The zero-order valence-corrected chi connectivity index (χ0v) is 15.7. The lowest BCUT2D eigenvalue weighted by Gasteiger charge is -2.34. The molecule has 0 bridgehead atoms. The van der Waals surface area contributed by atoms with Gasteiger partial charge in [0.1, 0.15) is 0 Å². The van der Waals surface area contributed by atoms with Gasteiger partial charge in [0.2, 0.25) is 15.9 Å². The molecule has 1 amide bonds. The summed E-state index contributed by atoms with van der Waals surface area (Å²) in [6.45, 7) is 5.24. The van der Waals surface area contributed by atoms with Crippen molar-refractivity contribution in [1.29, 1.82) is 0 Å². The average molecular weight is 383 g/mol. The standard InChI is InChI=1S/C17H25N3O5S/c1-13-12-18-7-8-20(13)17(21)5-6-19-26(22,23)14-3-4-15-16(11-14)25-10-2-9-24-15/h3-4,11,13,18-19H,2,5-10,12H2,1H3/t13-/m1/s1. The second-order valence-corrected chi connectivity index (χ2v) is 8.21. The van der Waals surface area contributed by atoms with Gasteiger partial charge >= 0.3 is 0 Å². The molecule has 0 aliphatic carbocycles. The molecule has 0 unspecified atom stereocenters. The van der Waals surface area contributed by atoms with Gasteiger partial charge in [-0.2, -0.15) is 0 Å². The molecule has 0 aromatic heterocycles. The van der Waals surface area contributed by atoms with Crippen LogP contribution < -0.4 is 19.5 Å². The number of fused-ring (bicyclic) bond motifs is 1. The molecule has 3 rings (SSSR count). The Morgan fingerprint density at radius 2 is 2.08 bits per heavy atom. The van der Waals surface area contributed by atoms with Crippen molar-refractivity contribution in [3.63, 3.8) is 0 Å². The van der Waals surface area contributed by atoms with Gasteiger partial charge < -0.3 is 19.7 Å². The fourth-order valence-corrected chi connectivity index (χ4v) is 4.09. The molecule has 26 heavy (non-hydrogen) atoms. The normalized spacial score (nSPS) is 20.5. The molecule has 2 heterocycles. The first-order valence-electron chi connectivity index (χ1n) is 8.87. The topological polar surface area (TPSA) is 97.0 Å². The van der Waals surface area contributed by atoms with Gasteiger partial charge in [-0.25, -0.2) is 13.1 Å². The van der Waals surface area contributed by atoms with Gasteiger partial charge in [-0.1, -0.05) is 0 Å². The van der Waals surface area contributed by atoms with Crippen LogP contribution in [0.1, 0.15) is 19.8 Å². The van der Waals surface area contributed by atoms with E-state index in [0.717, 1.165) is 19.5 Å². The van der Waals surface area contributed by atoms with E-state index in [0.29, 0.717) is 31.3 Å². The first-order valence-corrected chi connectivity index (χ1v) is 10.4. The molecular formula is C17H25N3O5S. The van der Waals surface area contributed by atoms with E-state index in [9.17, 15) is 13.2 Å². The Morgan fingerprint density at radius 3 is 2.85 bits per heavy atom. The zero-order chi connectivity index (χ0) is 18.6. The van der Waals surface area contributed by atoms with Crippen LogP contribution in [-0.4, -0.2) is 64.7 Å². The highest BCUT2D eigenvalue weighted by Gasteiger charge is 2.23. The van der Waals surface area contributed by atoms with Gasteiger partial charge in [-0.15, -0.1) is 0 Å². The molecule has 8 nitrogen and oxygen atoms in total. The summed E-state index contributed by atoms with van der Waals surface area (Å²) in [6.07, 6.45) is 0.885. The number of nitrogens with zero attached hydrogens (tertiary/aromatic N) is 1. The molecule has 1 saturated heterocycles. The molecule has 1 atom stereocenters. The zero-order valence-electron chi connectivity index (χ0n) is 14.9. The van der Waals surface area contributed by atoms with Crippen LogP contribution >= 0.6 is 0 Å². The first-order chi connectivity index (χ1) is 12.5. The van der Waals surface area contributed by atoms with E-state index >= 15 is 0 Å². The molecule has 9 heteroatoms. The van der Waals surface area contributed by atoms with E-state index in [2.05, 4.69) is 10.0 Å². The number of carbonyl (C=O) groups is 1. The third-order valence-corrected chi connectivity index (χ3v) is 5.94. The molecule has 0 saturated carbocycles. The summed E-state index contributed by atoms with van der Waals surface area (Å²) in [7, 11) is -3.71.